The first-order valence-corrected chi connectivity index (χ1v) is 5.66. The van der Waals surface area contributed by atoms with Crippen LogP contribution in [0.4, 0.5) is 5.95 Å². The summed E-state index contributed by atoms with van der Waals surface area (Å²) < 4.78 is 0. The van der Waals surface area contributed by atoms with Crippen LogP contribution in [0, 0.1) is 18.3 Å². The molecule has 1 aliphatic rings. The molecule has 0 amide bonds. The fourth-order valence-electron chi connectivity index (χ4n) is 1.91. The van der Waals surface area contributed by atoms with E-state index in [1.807, 2.05) is 13.0 Å². The Kier molecular flexibility index (Phi) is 2.63. The number of nitrogens with zero attached hydrogens (tertiary/aromatic N) is 2. The van der Waals surface area contributed by atoms with Gasteiger partial charge in [0.2, 0.25) is 5.95 Å². The second-order valence-corrected chi connectivity index (χ2v) is 4.89. The molecule has 82 valence electrons. The third-order valence-corrected chi connectivity index (χ3v) is 3.51. The number of nitrogens with one attached hydrogen (secondary N) is 1. The Labute approximate surface area is 91.3 Å². The van der Waals surface area contributed by atoms with Crippen molar-refractivity contribution in [3.05, 3.63) is 18.0 Å². The van der Waals surface area contributed by atoms with Gasteiger partial charge in [-0.25, -0.2) is 9.97 Å². The third kappa shape index (κ3) is 2.28. The maximum Gasteiger partial charge on any atom is 0.222 e. The summed E-state index contributed by atoms with van der Waals surface area (Å²) in [5.74, 6) is 1.51. The SMILES string of the molecule is Cc1ccnc(NCC2(C(C)C)CC2)n1. The number of rotatable bonds is 4. The van der Waals surface area contributed by atoms with E-state index in [9.17, 15) is 0 Å². The summed E-state index contributed by atoms with van der Waals surface area (Å²) >= 11 is 0. The molecule has 0 aromatic carbocycles. The van der Waals surface area contributed by atoms with Crippen LogP contribution < -0.4 is 5.32 Å². The van der Waals surface area contributed by atoms with E-state index in [-0.39, 0.29) is 0 Å². The Morgan fingerprint density at radius 1 is 1.47 bits per heavy atom. The minimum atomic E-state index is 0.507. The molecule has 0 saturated heterocycles. The van der Waals surface area contributed by atoms with E-state index in [0.29, 0.717) is 5.41 Å². The zero-order chi connectivity index (χ0) is 10.9. The first-order valence-electron chi connectivity index (χ1n) is 5.66. The average molecular weight is 205 g/mol. The highest BCUT2D eigenvalue weighted by Gasteiger charge is 2.45. The van der Waals surface area contributed by atoms with Crippen molar-refractivity contribution >= 4 is 5.95 Å². The van der Waals surface area contributed by atoms with E-state index in [0.717, 1.165) is 24.1 Å². The van der Waals surface area contributed by atoms with Crippen molar-refractivity contribution < 1.29 is 0 Å². The van der Waals surface area contributed by atoms with E-state index in [1.54, 1.807) is 6.20 Å². The Balaban J connectivity index is 1.94. The normalized spacial score (nSPS) is 17.9. The first-order chi connectivity index (χ1) is 7.12. The number of aryl methyl sites for hydroxylation is 1. The average Bonchev–Trinajstić information content (AvgIpc) is 2.96. The summed E-state index contributed by atoms with van der Waals surface area (Å²) in [4.78, 5) is 8.55. The fourth-order valence-corrected chi connectivity index (χ4v) is 1.91. The highest BCUT2D eigenvalue weighted by Crippen LogP contribution is 2.51. The molecule has 3 nitrogen and oxygen atoms in total. The van der Waals surface area contributed by atoms with Gasteiger partial charge in [-0.2, -0.15) is 0 Å². The first kappa shape index (κ1) is 10.4. The van der Waals surface area contributed by atoms with E-state index in [1.165, 1.54) is 12.8 Å². The monoisotopic (exact) mass is 205 g/mol. The van der Waals surface area contributed by atoms with Crippen molar-refractivity contribution in [1.29, 1.82) is 0 Å². The quantitative estimate of drug-likeness (QED) is 0.821. The van der Waals surface area contributed by atoms with E-state index < -0.39 is 0 Å². The van der Waals surface area contributed by atoms with Crippen LogP contribution in [0.5, 0.6) is 0 Å². The van der Waals surface area contributed by atoms with Crippen LogP contribution in [0.3, 0.4) is 0 Å². The van der Waals surface area contributed by atoms with Gasteiger partial charge in [0.1, 0.15) is 0 Å². The number of hydrogen-bond acceptors (Lipinski definition) is 3. The molecular weight excluding hydrogens is 186 g/mol. The lowest BCUT2D eigenvalue weighted by Crippen LogP contribution is -2.21. The van der Waals surface area contributed by atoms with Gasteiger partial charge in [-0.05, 0) is 37.2 Å². The van der Waals surface area contributed by atoms with Crippen LogP contribution in [0.15, 0.2) is 12.3 Å². The highest BCUT2D eigenvalue weighted by atomic mass is 15.1. The van der Waals surface area contributed by atoms with Crippen LogP contribution in [0.25, 0.3) is 0 Å². The Hall–Kier alpha value is -1.12. The van der Waals surface area contributed by atoms with Gasteiger partial charge >= 0.3 is 0 Å². The molecule has 0 atom stereocenters. The van der Waals surface area contributed by atoms with Gasteiger partial charge in [-0.3, -0.25) is 0 Å². The Morgan fingerprint density at radius 3 is 2.73 bits per heavy atom. The van der Waals surface area contributed by atoms with Crippen molar-refractivity contribution in [2.45, 2.75) is 33.6 Å². The molecular formula is C12H19N3. The standard InChI is InChI=1S/C12H19N3/c1-9(2)12(5-6-12)8-14-11-13-7-4-10(3)15-11/h4,7,9H,5-6,8H2,1-3H3,(H,13,14,15). The minimum absolute atomic E-state index is 0.507. The number of aromatic nitrogens is 2. The highest BCUT2D eigenvalue weighted by molar-refractivity contribution is 5.26. The van der Waals surface area contributed by atoms with Crippen LogP contribution in [-0.4, -0.2) is 16.5 Å². The molecule has 0 bridgehead atoms. The van der Waals surface area contributed by atoms with E-state index in [2.05, 4.69) is 29.1 Å². The van der Waals surface area contributed by atoms with Crippen molar-refractivity contribution in [2.75, 3.05) is 11.9 Å². The topological polar surface area (TPSA) is 37.8 Å². The van der Waals surface area contributed by atoms with Crippen LogP contribution in [-0.2, 0) is 0 Å². The van der Waals surface area contributed by atoms with Gasteiger partial charge < -0.3 is 5.32 Å². The van der Waals surface area contributed by atoms with Gasteiger partial charge in [-0.1, -0.05) is 13.8 Å². The molecule has 0 radical (unpaired) electrons. The van der Waals surface area contributed by atoms with Gasteiger partial charge in [0, 0.05) is 18.4 Å². The van der Waals surface area contributed by atoms with E-state index in [4.69, 9.17) is 0 Å². The summed E-state index contributed by atoms with van der Waals surface area (Å²) in [6.45, 7) is 7.59. The summed E-state index contributed by atoms with van der Waals surface area (Å²) in [6, 6.07) is 1.92. The Morgan fingerprint density at radius 2 is 2.20 bits per heavy atom. The van der Waals surface area contributed by atoms with E-state index >= 15 is 0 Å². The number of hydrogen-bond donors (Lipinski definition) is 1. The molecule has 1 saturated carbocycles. The maximum absolute atomic E-state index is 4.34. The number of anilines is 1. The van der Waals surface area contributed by atoms with Crippen molar-refractivity contribution in [2.24, 2.45) is 11.3 Å². The largest absolute Gasteiger partial charge is 0.354 e. The molecule has 1 fully saturated rings. The zero-order valence-corrected chi connectivity index (χ0v) is 9.75. The third-order valence-electron chi connectivity index (χ3n) is 3.51. The molecule has 3 heteroatoms. The molecule has 15 heavy (non-hydrogen) atoms. The summed E-state index contributed by atoms with van der Waals surface area (Å²) in [7, 11) is 0. The lowest BCUT2D eigenvalue weighted by atomic mass is 9.92. The molecule has 1 heterocycles. The van der Waals surface area contributed by atoms with Crippen LogP contribution in [0.2, 0.25) is 0 Å². The van der Waals surface area contributed by atoms with Gasteiger partial charge in [0.25, 0.3) is 0 Å². The lowest BCUT2D eigenvalue weighted by molar-refractivity contribution is 0.379. The molecule has 0 unspecified atom stereocenters. The van der Waals surface area contributed by atoms with Gasteiger partial charge in [0.15, 0.2) is 0 Å². The molecule has 0 spiro atoms. The maximum atomic E-state index is 4.34. The molecule has 0 aliphatic heterocycles. The predicted octanol–water partition coefficient (Wildman–Crippen LogP) is 2.63. The Bertz CT molecular complexity index is 342. The van der Waals surface area contributed by atoms with Gasteiger partial charge in [-0.15, -0.1) is 0 Å². The second-order valence-electron chi connectivity index (χ2n) is 4.89. The summed E-state index contributed by atoms with van der Waals surface area (Å²) in [5, 5.41) is 3.35. The van der Waals surface area contributed by atoms with Crippen molar-refractivity contribution in [3.8, 4) is 0 Å². The molecule has 1 aliphatic carbocycles. The van der Waals surface area contributed by atoms with Crippen molar-refractivity contribution in [3.63, 3.8) is 0 Å². The minimum Gasteiger partial charge on any atom is -0.354 e. The predicted molar refractivity (Wildman–Crippen MR) is 61.8 cm³/mol. The second kappa shape index (κ2) is 3.80. The van der Waals surface area contributed by atoms with Gasteiger partial charge in [0.05, 0.1) is 0 Å². The van der Waals surface area contributed by atoms with Crippen molar-refractivity contribution in [1.82, 2.24) is 9.97 Å². The fraction of sp³-hybridized carbons (Fsp3) is 0.667. The molecule has 1 aromatic rings. The zero-order valence-electron chi connectivity index (χ0n) is 9.75. The van der Waals surface area contributed by atoms with Crippen LogP contribution >= 0.6 is 0 Å². The molecule has 2 rings (SSSR count). The lowest BCUT2D eigenvalue weighted by Gasteiger charge is -2.19. The smallest absolute Gasteiger partial charge is 0.222 e. The summed E-state index contributed by atoms with van der Waals surface area (Å²) in [6.07, 6.45) is 4.48. The molecule has 1 aromatic heterocycles. The molecule has 1 N–H and O–H groups in total. The van der Waals surface area contributed by atoms with Crippen LogP contribution in [0.1, 0.15) is 32.4 Å². The summed E-state index contributed by atoms with van der Waals surface area (Å²) in [5.41, 5.74) is 1.52.